The monoisotopic (exact) mass is 341 g/mol. The Bertz CT molecular complexity index is 975. The SMILES string of the molecule is Cn1cc(C2CCCN2c2nc3c(cnn3C(C)(C)C)c(=O)[nH]2)cn1. The van der Waals surface area contributed by atoms with E-state index in [1.807, 2.05) is 24.1 Å². The first-order valence-electron chi connectivity index (χ1n) is 8.58. The smallest absolute Gasteiger partial charge is 0.263 e. The molecule has 1 atom stereocenters. The largest absolute Gasteiger partial charge is 0.335 e. The first-order valence-corrected chi connectivity index (χ1v) is 8.58. The van der Waals surface area contributed by atoms with Gasteiger partial charge in [-0.3, -0.25) is 14.5 Å². The number of H-pyrrole nitrogens is 1. The van der Waals surface area contributed by atoms with Gasteiger partial charge >= 0.3 is 0 Å². The number of aryl methyl sites for hydroxylation is 1. The highest BCUT2D eigenvalue weighted by Crippen LogP contribution is 2.34. The average molecular weight is 341 g/mol. The lowest BCUT2D eigenvalue weighted by molar-refractivity contribution is 0.366. The van der Waals surface area contributed by atoms with Crippen LogP contribution in [-0.2, 0) is 12.6 Å². The maximum Gasteiger partial charge on any atom is 0.263 e. The van der Waals surface area contributed by atoms with Crippen molar-refractivity contribution in [2.75, 3.05) is 11.4 Å². The van der Waals surface area contributed by atoms with E-state index < -0.39 is 0 Å². The summed E-state index contributed by atoms with van der Waals surface area (Å²) in [6.45, 7) is 7.01. The number of hydrogen-bond donors (Lipinski definition) is 1. The van der Waals surface area contributed by atoms with E-state index in [0.717, 1.165) is 24.9 Å². The zero-order valence-corrected chi connectivity index (χ0v) is 15.0. The maximum absolute atomic E-state index is 12.6. The molecule has 1 saturated heterocycles. The van der Waals surface area contributed by atoms with Gasteiger partial charge in [-0.15, -0.1) is 0 Å². The van der Waals surface area contributed by atoms with Gasteiger partial charge in [0.15, 0.2) is 5.65 Å². The minimum absolute atomic E-state index is 0.146. The van der Waals surface area contributed by atoms with Crippen LogP contribution in [0.15, 0.2) is 23.4 Å². The van der Waals surface area contributed by atoms with Crippen molar-refractivity contribution in [1.82, 2.24) is 29.5 Å². The Morgan fingerprint density at radius 1 is 1.24 bits per heavy atom. The number of anilines is 1. The van der Waals surface area contributed by atoms with Crippen LogP contribution >= 0.6 is 0 Å². The minimum Gasteiger partial charge on any atom is -0.335 e. The van der Waals surface area contributed by atoms with Gasteiger partial charge in [0, 0.05) is 25.4 Å². The Morgan fingerprint density at radius 2 is 2.04 bits per heavy atom. The number of fused-ring (bicyclic) bond motifs is 1. The predicted octanol–water partition coefficient (Wildman–Crippen LogP) is 1.95. The van der Waals surface area contributed by atoms with Gasteiger partial charge < -0.3 is 4.90 Å². The van der Waals surface area contributed by atoms with Gasteiger partial charge in [0.1, 0.15) is 5.39 Å². The molecule has 0 spiro atoms. The molecule has 0 aliphatic carbocycles. The summed E-state index contributed by atoms with van der Waals surface area (Å²) in [4.78, 5) is 22.4. The topological polar surface area (TPSA) is 84.6 Å². The van der Waals surface area contributed by atoms with Crippen LogP contribution < -0.4 is 10.5 Å². The van der Waals surface area contributed by atoms with Crippen LogP contribution in [-0.4, -0.2) is 36.1 Å². The summed E-state index contributed by atoms with van der Waals surface area (Å²) in [5.41, 5.74) is 1.38. The van der Waals surface area contributed by atoms with Gasteiger partial charge in [0.25, 0.3) is 5.56 Å². The van der Waals surface area contributed by atoms with Crippen LogP contribution in [0.1, 0.15) is 45.2 Å². The Kier molecular flexibility index (Phi) is 3.45. The minimum atomic E-state index is -0.242. The van der Waals surface area contributed by atoms with E-state index in [1.165, 1.54) is 0 Å². The van der Waals surface area contributed by atoms with Crippen LogP contribution in [0.4, 0.5) is 5.95 Å². The number of nitrogens with one attached hydrogen (secondary N) is 1. The molecule has 0 aromatic carbocycles. The van der Waals surface area contributed by atoms with Crippen molar-refractivity contribution in [3.05, 3.63) is 34.5 Å². The quantitative estimate of drug-likeness (QED) is 0.770. The van der Waals surface area contributed by atoms with Crippen molar-refractivity contribution in [2.45, 2.75) is 45.2 Å². The number of aromatic amines is 1. The molecule has 0 saturated carbocycles. The number of hydrogen-bond acceptors (Lipinski definition) is 5. The normalized spacial score (nSPS) is 18.4. The summed E-state index contributed by atoms with van der Waals surface area (Å²) in [6, 6.07) is 0.181. The van der Waals surface area contributed by atoms with Crippen LogP contribution in [0.5, 0.6) is 0 Å². The number of aromatic nitrogens is 6. The van der Waals surface area contributed by atoms with Crippen molar-refractivity contribution < 1.29 is 0 Å². The van der Waals surface area contributed by atoms with Crippen LogP contribution in [0.3, 0.4) is 0 Å². The molecular weight excluding hydrogens is 318 g/mol. The number of rotatable bonds is 2. The van der Waals surface area contributed by atoms with E-state index in [9.17, 15) is 4.79 Å². The molecular formula is C17H23N7O. The summed E-state index contributed by atoms with van der Waals surface area (Å²) < 4.78 is 3.62. The molecule has 3 aromatic rings. The molecule has 4 rings (SSSR count). The fourth-order valence-corrected chi connectivity index (χ4v) is 3.51. The molecule has 3 aromatic heterocycles. The van der Waals surface area contributed by atoms with Crippen molar-refractivity contribution in [1.29, 1.82) is 0 Å². The first kappa shape index (κ1) is 15.9. The van der Waals surface area contributed by atoms with Gasteiger partial charge in [0.2, 0.25) is 5.95 Å². The Balaban J connectivity index is 1.82. The van der Waals surface area contributed by atoms with E-state index >= 15 is 0 Å². The third-order valence-electron chi connectivity index (χ3n) is 4.70. The maximum atomic E-state index is 12.6. The molecule has 8 heteroatoms. The number of nitrogens with zero attached hydrogens (tertiary/aromatic N) is 6. The second kappa shape index (κ2) is 5.44. The molecule has 0 radical (unpaired) electrons. The zero-order valence-electron chi connectivity index (χ0n) is 15.0. The Labute approximate surface area is 145 Å². The summed E-state index contributed by atoms with van der Waals surface area (Å²) in [6.07, 6.45) is 7.59. The van der Waals surface area contributed by atoms with E-state index in [-0.39, 0.29) is 17.1 Å². The molecule has 1 N–H and O–H groups in total. The molecule has 4 heterocycles. The molecule has 25 heavy (non-hydrogen) atoms. The van der Waals surface area contributed by atoms with Gasteiger partial charge in [0.05, 0.1) is 24.0 Å². The van der Waals surface area contributed by atoms with Crippen molar-refractivity contribution >= 4 is 17.0 Å². The van der Waals surface area contributed by atoms with Crippen LogP contribution in [0.2, 0.25) is 0 Å². The molecule has 1 fully saturated rings. The van der Waals surface area contributed by atoms with Crippen LogP contribution in [0.25, 0.3) is 11.0 Å². The molecule has 8 nitrogen and oxygen atoms in total. The Hall–Kier alpha value is -2.64. The van der Waals surface area contributed by atoms with Gasteiger partial charge in [-0.25, -0.2) is 4.68 Å². The van der Waals surface area contributed by atoms with Gasteiger partial charge in [-0.2, -0.15) is 15.2 Å². The lowest BCUT2D eigenvalue weighted by atomic mass is 10.1. The second-order valence-corrected chi connectivity index (χ2v) is 7.65. The second-order valence-electron chi connectivity index (χ2n) is 7.65. The van der Waals surface area contributed by atoms with Crippen LogP contribution in [0, 0.1) is 0 Å². The highest BCUT2D eigenvalue weighted by molar-refractivity contribution is 5.75. The molecule has 1 aliphatic rings. The molecule has 132 valence electrons. The van der Waals surface area contributed by atoms with E-state index in [1.54, 1.807) is 10.9 Å². The fourth-order valence-electron chi connectivity index (χ4n) is 3.51. The van der Waals surface area contributed by atoms with Crippen molar-refractivity contribution in [3.8, 4) is 0 Å². The highest BCUT2D eigenvalue weighted by atomic mass is 16.1. The van der Waals surface area contributed by atoms with Gasteiger partial charge in [-0.05, 0) is 33.6 Å². The molecule has 0 bridgehead atoms. The third kappa shape index (κ3) is 2.61. The first-order chi connectivity index (χ1) is 11.8. The Morgan fingerprint density at radius 3 is 2.72 bits per heavy atom. The zero-order chi connectivity index (χ0) is 17.8. The van der Waals surface area contributed by atoms with E-state index in [2.05, 4.69) is 40.9 Å². The predicted molar refractivity (Wildman–Crippen MR) is 95.7 cm³/mol. The molecule has 1 aliphatic heterocycles. The summed E-state index contributed by atoms with van der Waals surface area (Å²) in [5.74, 6) is 0.606. The molecule has 1 unspecified atom stereocenters. The fraction of sp³-hybridized carbons (Fsp3) is 0.529. The molecule has 0 amide bonds. The third-order valence-corrected chi connectivity index (χ3v) is 4.70. The standard InChI is InChI=1S/C17H23N7O/c1-17(2,3)24-14-12(9-19-24)15(25)21-16(20-14)23-7-5-6-13(23)11-8-18-22(4)10-11/h8-10,13H,5-7H2,1-4H3,(H,20,21,25). The lowest BCUT2D eigenvalue weighted by Gasteiger charge is -2.25. The van der Waals surface area contributed by atoms with Crippen molar-refractivity contribution in [2.24, 2.45) is 7.05 Å². The summed E-state index contributed by atoms with van der Waals surface area (Å²) in [7, 11) is 1.91. The summed E-state index contributed by atoms with van der Waals surface area (Å²) in [5, 5.41) is 9.18. The van der Waals surface area contributed by atoms with Crippen molar-refractivity contribution in [3.63, 3.8) is 0 Å². The average Bonchev–Trinajstić information content (AvgIpc) is 3.23. The van der Waals surface area contributed by atoms with E-state index in [4.69, 9.17) is 4.98 Å². The van der Waals surface area contributed by atoms with Gasteiger partial charge in [-0.1, -0.05) is 0 Å². The van der Waals surface area contributed by atoms with E-state index in [0.29, 0.717) is 17.0 Å². The highest BCUT2D eigenvalue weighted by Gasteiger charge is 2.30. The summed E-state index contributed by atoms with van der Waals surface area (Å²) >= 11 is 0. The lowest BCUT2D eigenvalue weighted by Crippen LogP contribution is -2.28.